The average molecular weight is 347 g/mol. The Balaban J connectivity index is 1.86. The topological polar surface area (TPSA) is 86.8 Å². The lowest BCUT2D eigenvalue weighted by Crippen LogP contribution is -1.84. The lowest BCUT2D eigenvalue weighted by molar-refractivity contribution is 0.415. The number of phenols is 2. The van der Waals surface area contributed by atoms with Crippen molar-refractivity contribution in [1.29, 1.82) is 0 Å². The summed E-state index contributed by atoms with van der Waals surface area (Å²) in [6.45, 7) is 0. The molecule has 0 spiro atoms. The maximum absolute atomic E-state index is 9.73. The van der Waals surface area contributed by atoms with Crippen LogP contribution < -0.4 is 4.74 Å². The quantitative estimate of drug-likeness (QED) is 0.487. The van der Waals surface area contributed by atoms with Gasteiger partial charge >= 0.3 is 0 Å². The number of hydrogen-bond acceptors (Lipinski definition) is 6. The van der Waals surface area contributed by atoms with Gasteiger partial charge in [-0.05, 0) is 54.1 Å². The summed E-state index contributed by atoms with van der Waals surface area (Å²) in [5, 5.41) is 27.5. The third-order valence-corrected chi connectivity index (χ3v) is 3.53. The van der Waals surface area contributed by atoms with E-state index in [1.807, 2.05) is 24.3 Å². The molecule has 0 saturated heterocycles. The van der Waals surface area contributed by atoms with E-state index in [0.717, 1.165) is 11.3 Å². The molecule has 130 valence electrons. The minimum Gasteiger partial charge on any atom is -0.508 e. The second kappa shape index (κ2) is 7.94. The maximum atomic E-state index is 9.73. The molecular formula is C20H17N3O3. The summed E-state index contributed by atoms with van der Waals surface area (Å²) in [5.74, 6) is 0.966. The number of azo groups is 1. The van der Waals surface area contributed by atoms with E-state index in [-0.39, 0.29) is 11.5 Å². The van der Waals surface area contributed by atoms with Crippen molar-refractivity contribution in [3.8, 4) is 17.2 Å². The van der Waals surface area contributed by atoms with E-state index in [1.165, 1.54) is 18.2 Å². The van der Waals surface area contributed by atoms with Crippen molar-refractivity contribution in [2.24, 2.45) is 15.2 Å². The molecule has 0 unspecified atom stereocenters. The van der Waals surface area contributed by atoms with E-state index in [4.69, 9.17) is 4.74 Å². The summed E-state index contributed by atoms with van der Waals surface area (Å²) in [5.41, 5.74) is 2.37. The smallest absolute Gasteiger partial charge is 0.118 e. The van der Waals surface area contributed by atoms with Crippen LogP contribution in [0.15, 0.2) is 82.0 Å². The first-order chi connectivity index (χ1) is 12.6. The zero-order valence-electron chi connectivity index (χ0n) is 14.1. The molecule has 3 rings (SSSR count). The highest BCUT2D eigenvalue weighted by Crippen LogP contribution is 2.33. The first-order valence-electron chi connectivity index (χ1n) is 7.86. The van der Waals surface area contributed by atoms with Crippen molar-refractivity contribution in [2.45, 2.75) is 0 Å². The summed E-state index contributed by atoms with van der Waals surface area (Å²) in [4.78, 5) is 4.39. The molecule has 0 bridgehead atoms. The first-order valence-corrected chi connectivity index (χ1v) is 7.86. The minimum atomic E-state index is 0.0863. The molecular weight excluding hydrogens is 330 g/mol. The van der Waals surface area contributed by atoms with Gasteiger partial charge in [-0.25, -0.2) is 0 Å². The molecule has 0 saturated carbocycles. The molecule has 3 aromatic rings. The van der Waals surface area contributed by atoms with Gasteiger partial charge in [-0.2, -0.15) is 5.11 Å². The molecule has 0 amide bonds. The van der Waals surface area contributed by atoms with Gasteiger partial charge in [0.1, 0.15) is 22.9 Å². The summed E-state index contributed by atoms with van der Waals surface area (Å²) in [6, 6.07) is 18.6. The fourth-order valence-corrected chi connectivity index (χ4v) is 2.20. The SMILES string of the molecule is COc1ccc(C=Nc2cc(O)ccc2N=Nc2cccc(O)c2)cc1. The van der Waals surface area contributed by atoms with E-state index >= 15 is 0 Å². The highest BCUT2D eigenvalue weighted by atomic mass is 16.5. The highest BCUT2D eigenvalue weighted by molar-refractivity contribution is 5.84. The van der Waals surface area contributed by atoms with Crippen LogP contribution in [0.25, 0.3) is 0 Å². The molecule has 6 nitrogen and oxygen atoms in total. The van der Waals surface area contributed by atoms with Crippen LogP contribution in [0.5, 0.6) is 17.2 Å². The van der Waals surface area contributed by atoms with Crippen molar-refractivity contribution in [1.82, 2.24) is 0 Å². The number of ether oxygens (including phenoxy) is 1. The molecule has 0 aromatic heterocycles. The maximum Gasteiger partial charge on any atom is 0.118 e. The van der Waals surface area contributed by atoms with Crippen LogP contribution in [0.4, 0.5) is 17.1 Å². The van der Waals surface area contributed by atoms with E-state index in [0.29, 0.717) is 17.1 Å². The number of methoxy groups -OCH3 is 1. The Morgan fingerprint density at radius 3 is 2.31 bits per heavy atom. The van der Waals surface area contributed by atoms with Crippen molar-refractivity contribution < 1.29 is 14.9 Å². The Kier molecular flexibility index (Phi) is 5.24. The largest absolute Gasteiger partial charge is 0.508 e. The molecule has 0 fully saturated rings. The van der Waals surface area contributed by atoms with Crippen molar-refractivity contribution in [3.05, 3.63) is 72.3 Å². The molecule has 0 radical (unpaired) electrons. The number of rotatable bonds is 5. The Morgan fingerprint density at radius 2 is 1.58 bits per heavy atom. The lowest BCUT2D eigenvalue weighted by atomic mass is 10.2. The lowest BCUT2D eigenvalue weighted by Gasteiger charge is -2.02. The average Bonchev–Trinajstić information content (AvgIpc) is 2.66. The fourth-order valence-electron chi connectivity index (χ4n) is 2.20. The molecule has 0 atom stereocenters. The second-order valence-corrected chi connectivity index (χ2v) is 5.42. The number of aliphatic imine (C=N–C) groups is 1. The van der Waals surface area contributed by atoms with Gasteiger partial charge in [0.05, 0.1) is 18.5 Å². The zero-order valence-corrected chi connectivity index (χ0v) is 14.1. The van der Waals surface area contributed by atoms with Crippen LogP contribution in [0.1, 0.15) is 5.56 Å². The van der Waals surface area contributed by atoms with Gasteiger partial charge in [0.25, 0.3) is 0 Å². The standard InChI is InChI=1S/C20H17N3O3/c1-26-18-8-5-14(6-9-18)13-21-20-12-17(25)7-10-19(20)23-22-15-3-2-4-16(24)11-15/h2-13,24-25H,1H3. The summed E-state index contributed by atoms with van der Waals surface area (Å²) < 4.78 is 5.13. The Morgan fingerprint density at radius 1 is 0.808 bits per heavy atom. The van der Waals surface area contributed by atoms with E-state index in [2.05, 4.69) is 15.2 Å². The van der Waals surface area contributed by atoms with Gasteiger partial charge < -0.3 is 14.9 Å². The Bertz CT molecular complexity index is 951. The predicted molar refractivity (Wildman–Crippen MR) is 101 cm³/mol. The van der Waals surface area contributed by atoms with Crippen molar-refractivity contribution in [3.63, 3.8) is 0 Å². The van der Waals surface area contributed by atoms with Gasteiger partial charge in [0.2, 0.25) is 0 Å². The van der Waals surface area contributed by atoms with E-state index in [9.17, 15) is 10.2 Å². The normalized spacial score (nSPS) is 11.3. The summed E-state index contributed by atoms with van der Waals surface area (Å²) in [7, 11) is 1.61. The van der Waals surface area contributed by atoms with E-state index < -0.39 is 0 Å². The Hall–Kier alpha value is -3.67. The Labute approximate surface area is 150 Å². The van der Waals surface area contributed by atoms with Crippen LogP contribution in [-0.4, -0.2) is 23.5 Å². The molecule has 0 heterocycles. The molecule has 3 aromatic carbocycles. The van der Waals surface area contributed by atoms with Gasteiger partial charge in [0, 0.05) is 18.3 Å². The van der Waals surface area contributed by atoms with Gasteiger partial charge in [-0.3, -0.25) is 4.99 Å². The van der Waals surface area contributed by atoms with Gasteiger partial charge in [0.15, 0.2) is 0 Å². The second-order valence-electron chi connectivity index (χ2n) is 5.42. The summed E-state index contributed by atoms with van der Waals surface area (Å²) in [6.07, 6.45) is 1.67. The predicted octanol–water partition coefficient (Wildman–Crippen LogP) is 5.27. The minimum absolute atomic E-state index is 0.0863. The van der Waals surface area contributed by atoms with Crippen molar-refractivity contribution in [2.75, 3.05) is 7.11 Å². The molecule has 0 aliphatic carbocycles. The number of phenolic OH excluding ortho intramolecular Hbond substituents is 2. The van der Waals surface area contributed by atoms with E-state index in [1.54, 1.807) is 37.6 Å². The van der Waals surface area contributed by atoms with Gasteiger partial charge in [-0.15, -0.1) is 5.11 Å². The number of benzene rings is 3. The molecule has 6 heteroatoms. The molecule has 0 aliphatic rings. The zero-order chi connectivity index (χ0) is 18.4. The van der Waals surface area contributed by atoms with Crippen LogP contribution in [-0.2, 0) is 0 Å². The number of hydrogen-bond donors (Lipinski definition) is 2. The monoisotopic (exact) mass is 347 g/mol. The molecule has 26 heavy (non-hydrogen) atoms. The molecule has 2 N–H and O–H groups in total. The van der Waals surface area contributed by atoms with Crippen LogP contribution in [0.2, 0.25) is 0 Å². The highest BCUT2D eigenvalue weighted by Gasteiger charge is 2.02. The van der Waals surface area contributed by atoms with Crippen molar-refractivity contribution >= 4 is 23.3 Å². The summed E-state index contributed by atoms with van der Waals surface area (Å²) >= 11 is 0. The number of nitrogens with zero attached hydrogens (tertiary/aromatic N) is 3. The molecule has 0 aliphatic heterocycles. The first kappa shape index (κ1) is 17.2. The third-order valence-electron chi connectivity index (χ3n) is 3.53. The van der Waals surface area contributed by atoms with Crippen LogP contribution >= 0.6 is 0 Å². The fraction of sp³-hybridized carbons (Fsp3) is 0.0500. The van der Waals surface area contributed by atoms with Crippen LogP contribution in [0.3, 0.4) is 0 Å². The number of aromatic hydroxyl groups is 2. The van der Waals surface area contributed by atoms with Gasteiger partial charge in [-0.1, -0.05) is 6.07 Å². The third kappa shape index (κ3) is 4.45. The van der Waals surface area contributed by atoms with Crippen LogP contribution in [0, 0.1) is 0 Å².